The summed E-state index contributed by atoms with van der Waals surface area (Å²) in [4.78, 5) is 11.0. The second kappa shape index (κ2) is 4.87. The van der Waals surface area contributed by atoms with Crippen LogP contribution >= 0.6 is 0 Å². The zero-order valence-electron chi connectivity index (χ0n) is 10.2. The third kappa shape index (κ3) is 2.58. The van der Waals surface area contributed by atoms with Crippen LogP contribution in [0.2, 0.25) is 0 Å². The number of ether oxygens (including phenoxy) is 1. The highest BCUT2D eigenvalue weighted by atomic mass is 19.4. The molecule has 0 saturated heterocycles. The van der Waals surface area contributed by atoms with E-state index in [9.17, 15) is 18.0 Å². The molecule has 1 aromatic carbocycles. The number of rotatable bonds is 3. The number of alkyl halides is 3. The molecule has 106 valence electrons. The predicted octanol–water partition coefficient (Wildman–Crippen LogP) is 2.60. The van der Waals surface area contributed by atoms with Crippen molar-refractivity contribution in [2.24, 2.45) is 0 Å². The van der Waals surface area contributed by atoms with Crippen LogP contribution in [0.3, 0.4) is 0 Å². The van der Waals surface area contributed by atoms with Crippen molar-refractivity contribution < 1.29 is 27.8 Å². The monoisotopic (exact) mass is 286 g/mol. The molecule has 0 unspecified atom stereocenters. The Kier molecular flexibility index (Phi) is 3.39. The molecule has 0 aliphatic carbocycles. The molecule has 0 fully saturated rings. The molecule has 5 nitrogen and oxygen atoms in total. The van der Waals surface area contributed by atoms with Crippen molar-refractivity contribution in [2.75, 3.05) is 7.11 Å². The molecule has 2 aromatic rings. The Balaban J connectivity index is 2.53. The Morgan fingerprint density at radius 2 is 1.90 bits per heavy atom. The number of hydrogen-bond acceptors (Lipinski definition) is 3. The van der Waals surface area contributed by atoms with Crippen molar-refractivity contribution >= 4 is 5.97 Å². The van der Waals surface area contributed by atoms with Gasteiger partial charge in [0.2, 0.25) is 0 Å². The SMILES string of the molecule is COc1ccc(-n2nc(C(F)(F)F)cc2C(=O)O)cc1. The minimum Gasteiger partial charge on any atom is -0.497 e. The topological polar surface area (TPSA) is 64.4 Å². The van der Waals surface area contributed by atoms with Crippen LogP contribution in [0.25, 0.3) is 5.69 Å². The van der Waals surface area contributed by atoms with Crippen molar-refractivity contribution in [2.45, 2.75) is 6.18 Å². The van der Waals surface area contributed by atoms with E-state index in [1.54, 1.807) is 0 Å². The summed E-state index contributed by atoms with van der Waals surface area (Å²) in [7, 11) is 1.44. The van der Waals surface area contributed by atoms with Crippen LogP contribution in [0.4, 0.5) is 13.2 Å². The van der Waals surface area contributed by atoms with Crippen molar-refractivity contribution in [1.82, 2.24) is 9.78 Å². The second-order valence-corrected chi connectivity index (χ2v) is 3.83. The highest BCUT2D eigenvalue weighted by molar-refractivity contribution is 5.86. The lowest BCUT2D eigenvalue weighted by atomic mass is 10.3. The summed E-state index contributed by atoms with van der Waals surface area (Å²) < 4.78 is 43.4. The molecule has 1 heterocycles. The fourth-order valence-electron chi connectivity index (χ4n) is 1.59. The van der Waals surface area contributed by atoms with Crippen molar-refractivity contribution in [3.05, 3.63) is 41.7 Å². The molecule has 0 saturated carbocycles. The zero-order chi connectivity index (χ0) is 14.9. The first kappa shape index (κ1) is 13.9. The first-order valence-corrected chi connectivity index (χ1v) is 5.38. The molecule has 20 heavy (non-hydrogen) atoms. The van der Waals surface area contributed by atoms with E-state index < -0.39 is 23.5 Å². The first-order valence-electron chi connectivity index (χ1n) is 5.38. The largest absolute Gasteiger partial charge is 0.497 e. The maximum atomic E-state index is 12.6. The van der Waals surface area contributed by atoms with E-state index >= 15 is 0 Å². The fraction of sp³-hybridized carbons (Fsp3) is 0.167. The number of halogens is 3. The normalized spacial score (nSPS) is 11.4. The quantitative estimate of drug-likeness (QED) is 0.942. The number of carboxylic acid groups (broad SMARTS) is 1. The highest BCUT2D eigenvalue weighted by Crippen LogP contribution is 2.29. The van der Waals surface area contributed by atoms with Gasteiger partial charge in [-0.15, -0.1) is 0 Å². The molecular weight excluding hydrogens is 277 g/mol. The van der Waals surface area contributed by atoms with Crippen molar-refractivity contribution in [1.29, 1.82) is 0 Å². The van der Waals surface area contributed by atoms with Crippen LogP contribution in [0.1, 0.15) is 16.2 Å². The van der Waals surface area contributed by atoms with Gasteiger partial charge in [0.15, 0.2) is 11.4 Å². The van der Waals surface area contributed by atoms with Gasteiger partial charge in [0.25, 0.3) is 0 Å². The summed E-state index contributed by atoms with van der Waals surface area (Å²) in [6, 6.07) is 6.31. The summed E-state index contributed by atoms with van der Waals surface area (Å²) in [5.74, 6) is -1.00. The van der Waals surface area contributed by atoms with Crippen LogP contribution in [-0.4, -0.2) is 28.0 Å². The van der Waals surface area contributed by atoms with Gasteiger partial charge in [0, 0.05) is 6.07 Å². The molecule has 0 bridgehead atoms. The zero-order valence-corrected chi connectivity index (χ0v) is 10.2. The summed E-state index contributed by atoms with van der Waals surface area (Å²) in [6.45, 7) is 0. The van der Waals surface area contributed by atoms with E-state index in [0.717, 1.165) is 4.68 Å². The van der Waals surface area contributed by atoms with Crippen LogP contribution in [0.5, 0.6) is 5.75 Å². The Hall–Kier alpha value is -2.51. The Morgan fingerprint density at radius 3 is 2.35 bits per heavy atom. The third-order valence-corrected chi connectivity index (χ3v) is 2.54. The van der Waals surface area contributed by atoms with E-state index in [1.807, 2.05) is 0 Å². The Morgan fingerprint density at radius 1 is 1.30 bits per heavy atom. The maximum Gasteiger partial charge on any atom is 0.435 e. The number of carboxylic acids is 1. The van der Waals surface area contributed by atoms with Crippen LogP contribution in [-0.2, 0) is 6.18 Å². The van der Waals surface area contributed by atoms with Gasteiger partial charge in [-0.05, 0) is 24.3 Å². The molecule has 0 radical (unpaired) electrons. The fourth-order valence-corrected chi connectivity index (χ4v) is 1.59. The van der Waals surface area contributed by atoms with Crippen LogP contribution < -0.4 is 4.74 Å². The molecule has 0 atom stereocenters. The van der Waals surface area contributed by atoms with Gasteiger partial charge in [-0.2, -0.15) is 18.3 Å². The van der Waals surface area contributed by atoms with E-state index in [2.05, 4.69) is 5.10 Å². The average molecular weight is 286 g/mol. The Labute approximate surface area is 111 Å². The summed E-state index contributed by atoms with van der Waals surface area (Å²) in [6.07, 6.45) is -4.71. The van der Waals surface area contributed by atoms with Gasteiger partial charge < -0.3 is 9.84 Å². The van der Waals surface area contributed by atoms with E-state index in [0.29, 0.717) is 11.8 Å². The predicted molar refractivity (Wildman–Crippen MR) is 62.1 cm³/mol. The first-order chi connectivity index (χ1) is 9.32. The summed E-state index contributed by atoms with van der Waals surface area (Å²) in [5.41, 5.74) is -1.63. The lowest BCUT2D eigenvalue weighted by Crippen LogP contribution is -2.09. The molecule has 0 amide bonds. The van der Waals surface area contributed by atoms with E-state index in [1.165, 1.54) is 31.4 Å². The van der Waals surface area contributed by atoms with Gasteiger partial charge in [0.1, 0.15) is 5.75 Å². The minimum atomic E-state index is -4.71. The molecule has 0 spiro atoms. The lowest BCUT2D eigenvalue weighted by molar-refractivity contribution is -0.141. The number of aromatic nitrogens is 2. The van der Waals surface area contributed by atoms with E-state index in [-0.39, 0.29) is 5.69 Å². The van der Waals surface area contributed by atoms with Gasteiger partial charge >= 0.3 is 12.1 Å². The number of nitrogens with zero attached hydrogens (tertiary/aromatic N) is 2. The number of benzene rings is 1. The van der Waals surface area contributed by atoms with Crippen LogP contribution in [0, 0.1) is 0 Å². The molecule has 1 N–H and O–H groups in total. The molecule has 0 aliphatic heterocycles. The van der Waals surface area contributed by atoms with Gasteiger partial charge in [-0.25, -0.2) is 9.48 Å². The highest BCUT2D eigenvalue weighted by Gasteiger charge is 2.36. The molecule has 2 rings (SSSR count). The number of methoxy groups -OCH3 is 1. The van der Waals surface area contributed by atoms with Gasteiger partial charge in [-0.1, -0.05) is 0 Å². The number of aromatic carboxylic acids is 1. The smallest absolute Gasteiger partial charge is 0.435 e. The van der Waals surface area contributed by atoms with Crippen molar-refractivity contribution in [3.63, 3.8) is 0 Å². The molecular formula is C12H9F3N2O3. The summed E-state index contributed by atoms with van der Waals surface area (Å²) >= 11 is 0. The van der Waals surface area contributed by atoms with Gasteiger partial charge in [-0.3, -0.25) is 0 Å². The average Bonchev–Trinajstić information content (AvgIpc) is 2.84. The molecule has 1 aromatic heterocycles. The van der Waals surface area contributed by atoms with Crippen LogP contribution in [0.15, 0.2) is 30.3 Å². The van der Waals surface area contributed by atoms with Gasteiger partial charge in [0.05, 0.1) is 12.8 Å². The maximum absolute atomic E-state index is 12.6. The standard InChI is InChI=1S/C12H9F3N2O3/c1-20-8-4-2-7(3-5-8)17-9(11(18)19)6-10(16-17)12(13,14)15/h2-6H,1H3,(H,18,19). The third-order valence-electron chi connectivity index (χ3n) is 2.54. The number of hydrogen-bond donors (Lipinski definition) is 1. The van der Waals surface area contributed by atoms with E-state index in [4.69, 9.17) is 9.84 Å². The van der Waals surface area contributed by atoms with Crippen molar-refractivity contribution in [3.8, 4) is 11.4 Å². The number of carbonyl (C=O) groups is 1. The lowest BCUT2D eigenvalue weighted by Gasteiger charge is -2.06. The summed E-state index contributed by atoms with van der Waals surface area (Å²) in [5, 5.41) is 12.3. The molecule has 0 aliphatic rings. The minimum absolute atomic E-state index is 0.193. The Bertz CT molecular complexity index is 632. The molecule has 8 heteroatoms. The second-order valence-electron chi connectivity index (χ2n) is 3.83.